The minimum Gasteiger partial charge on any atom is -0.372 e. The normalized spacial score (nSPS) is 13.6. The number of alkyl halides is 3. The molecule has 5 nitrogen and oxygen atoms in total. The largest absolute Gasteiger partial charge is 0.425 e. The molecule has 0 saturated heterocycles. The predicted molar refractivity (Wildman–Crippen MR) is 132 cm³/mol. The minimum atomic E-state index is -5.05. The smallest absolute Gasteiger partial charge is 0.372 e. The third-order valence-electron chi connectivity index (χ3n) is 6.35. The zero-order chi connectivity index (χ0) is 25.7. The second kappa shape index (κ2) is 8.49. The predicted octanol–water partition coefficient (Wildman–Crippen LogP) is 5.68. The van der Waals surface area contributed by atoms with Crippen LogP contribution < -0.4 is 0 Å². The van der Waals surface area contributed by atoms with Gasteiger partial charge < -0.3 is 10.0 Å². The van der Waals surface area contributed by atoms with Crippen molar-refractivity contribution in [3.63, 3.8) is 0 Å². The molecule has 1 unspecified atom stereocenters. The molecule has 0 aliphatic carbocycles. The van der Waals surface area contributed by atoms with Crippen molar-refractivity contribution in [2.75, 3.05) is 14.1 Å². The van der Waals surface area contributed by atoms with Crippen molar-refractivity contribution in [1.82, 2.24) is 14.7 Å². The maximum Gasteiger partial charge on any atom is 0.425 e. The van der Waals surface area contributed by atoms with Gasteiger partial charge in [0.05, 0.1) is 17.4 Å². The number of hydrogen-bond donors (Lipinski definition) is 1. The van der Waals surface area contributed by atoms with Crippen LogP contribution in [0.3, 0.4) is 0 Å². The molecule has 0 fully saturated rings. The molecule has 5 rings (SSSR count). The summed E-state index contributed by atoms with van der Waals surface area (Å²) < 4.78 is 45.8. The van der Waals surface area contributed by atoms with E-state index in [9.17, 15) is 23.1 Å². The van der Waals surface area contributed by atoms with E-state index in [2.05, 4.69) is 5.10 Å². The molecule has 0 aliphatic rings. The van der Waals surface area contributed by atoms with Crippen molar-refractivity contribution in [2.24, 2.45) is 0 Å². The molecule has 8 heteroatoms. The molecule has 1 aromatic heterocycles. The average Bonchev–Trinajstić information content (AvgIpc) is 3.30. The van der Waals surface area contributed by atoms with Gasteiger partial charge in [-0.2, -0.15) is 18.3 Å². The topological polar surface area (TPSA) is 58.4 Å². The van der Waals surface area contributed by atoms with E-state index < -0.39 is 11.8 Å². The van der Waals surface area contributed by atoms with E-state index >= 15 is 0 Å². The summed E-state index contributed by atoms with van der Waals surface area (Å²) in [7, 11) is 3.14. The molecule has 0 radical (unpaired) electrons. The first-order chi connectivity index (χ1) is 17.1. The van der Waals surface area contributed by atoms with Crippen LogP contribution in [0, 0.1) is 0 Å². The Morgan fingerprint density at radius 2 is 1.56 bits per heavy atom. The van der Waals surface area contributed by atoms with Crippen LogP contribution in [-0.4, -0.2) is 46.0 Å². The summed E-state index contributed by atoms with van der Waals surface area (Å²) in [4.78, 5) is 14.0. The van der Waals surface area contributed by atoms with Crippen molar-refractivity contribution in [2.45, 2.75) is 11.8 Å². The Morgan fingerprint density at radius 3 is 2.22 bits per heavy atom. The minimum absolute atomic E-state index is 0.144. The molecule has 1 heterocycles. The van der Waals surface area contributed by atoms with Crippen LogP contribution in [0.4, 0.5) is 13.2 Å². The van der Waals surface area contributed by atoms with Gasteiger partial charge in [0.1, 0.15) is 0 Å². The molecule has 4 aromatic carbocycles. The summed E-state index contributed by atoms with van der Waals surface area (Å²) in [5.41, 5.74) is -2.40. The highest BCUT2D eigenvalue weighted by molar-refractivity contribution is 6.08. The number of benzene rings is 4. The SMILES string of the molecule is CN(C)C(=O)c1ccc(C(O)(c2ccc3c(cnn3-c3ccccc3)c2)C(F)(F)F)c2ccccc12. The van der Waals surface area contributed by atoms with Gasteiger partial charge in [0.15, 0.2) is 0 Å². The molecule has 5 aromatic rings. The molecule has 1 N–H and O–H groups in total. The first-order valence-electron chi connectivity index (χ1n) is 11.2. The Balaban J connectivity index is 1.73. The van der Waals surface area contributed by atoms with E-state index in [0.717, 1.165) is 5.69 Å². The maximum atomic E-state index is 14.7. The molecule has 0 aliphatic heterocycles. The zero-order valence-electron chi connectivity index (χ0n) is 19.5. The van der Waals surface area contributed by atoms with Crippen LogP contribution in [-0.2, 0) is 5.60 Å². The fourth-order valence-electron chi connectivity index (χ4n) is 4.55. The molecule has 0 spiro atoms. The van der Waals surface area contributed by atoms with E-state index in [0.29, 0.717) is 16.3 Å². The monoisotopic (exact) mass is 489 g/mol. The Hall–Kier alpha value is -4.17. The fraction of sp³-hybridized carbons (Fsp3) is 0.143. The van der Waals surface area contributed by atoms with E-state index in [1.54, 1.807) is 37.0 Å². The number of carbonyl (C=O) groups is 1. The van der Waals surface area contributed by atoms with Gasteiger partial charge in [0, 0.05) is 30.6 Å². The highest BCUT2D eigenvalue weighted by Crippen LogP contribution is 2.47. The molecular weight excluding hydrogens is 467 g/mol. The summed E-state index contributed by atoms with van der Waals surface area (Å²) >= 11 is 0. The van der Waals surface area contributed by atoms with Crippen LogP contribution in [0.5, 0.6) is 0 Å². The first kappa shape index (κ1) is 23.6. The Labute approximate surface area is 205 Å². The van der Waals surface area contributed by atoms with Crippen LogP contribution in [0.2, 0.25) is 0 Å². The van der Waals surface area contributed by atoms with E-state index in [4.69, 9.17) is 0 Å². The van der Waals surface area contributed by atoms with Gasteiger partial charge >= 0.3 is 6.18 Å². The number of aliphatic hydroxyl groups is 1. The lowest BCUT2D eigenvalue weighted by Crippen LogP contribution is -2.43. The molecule has 0 bridgehead atoms. The lowest BCUT2D eigenvalue weighted by atomic mass is 9.81. The summed E-state index contributed by atoms with van der Waals surface area (Å²) in [6.07, 6.45) is -3.58. The second-order valence-electron chi connectivity index (χ2n) is 8.78. The summed E-state index contributed by atoms with van der Waals surface area (Å²) in [6.45, 7) is 0. The number of rotatable bonds is 4. The zero-order valence-corrected chi connectivity index (χ0v) is 19.5. The van der Waals surface area contributed by atoms with Crippen molar-refractivity contribution in [3.8, 4) is 5.69 Å². The average molecular weight is 489 g/mol. The Kier molecular flexibility index (Phi) is 5.56. The lowest BCUT2D eigenvalue weighted by molar-refractivity contribution is -0.247. The van der Waals surface area contributed by atoms with Gasteiger partial charge in [-0.15, -0.1) is 0 Å². The lowest BCUT2D eigenvalue weighted by Gasteiger charge is -2.33. The van der Waals surface area contributed by atoms with Crippen molar-refractivity contribution in [1.29, 1.82) is 0 Å². The number of halogens is 3. The van der Waals surface area contributed by atoms with Crippen LogP contribution in [0.25, 0.3) is 27.4 Å². The maximum absolute atomic E-state index is 14.7. The van der Waals surface area contributed by atoms with Gasteiger partial charge in [-0.1, -0.05) is 54.6 Å². The molecular formula is C28H22F3N3O2. The quantitative estimate of drug-likeness (QED) is 0.354. The first-order valence-corrected chi connectivity index (χ1v) is 11.2. The van der Waals surface area contributed by atoms with Gasteiger partial charge in [0.2, 0.25) is 5.60 Å². The highest BCUT2D eigenvalue weighted by Gasteiger charge is 2.57. The molecule has 0 saturated carbocycles. The molecule has 36 heavy (non-hydrogen) atoms. The van der Waals surface area contributed by atoms with E-state index in [1.807, 2.05) is 30.3 Å². The van der Waals surface area contributed by atoms with Crippen LogP contribution in [0.1, 0.15) is 21.5 Å². The number of hydrogen-bond acceptors (Lipinski definition) is 3. The third kappa shape index (κ3) is 3.61. The van der Waals surface area contributed by atoms with Gasteiger partial charge in [-0.05, 0) is 46.7 Å². The number of nitrogens with zero attached hydrogens (tertiary/aromatic N) is 3. The van der Waals surface area contributed by atoms with Crippen LogP contribution >= 0.6 is 0 Å². The van der Waals surface area contributed by atoms with Crippen molar-refractivity contribution >= 4 is 27.6 Å². The van der Waals surface area contributed by atoms with Gasteiger partial charge in [0.25, 0.3) is 5.91 Å². The third-order valence-corrected chi connectivity index (χ3v) is 6.35. The van der Waals surface area contributed by atoms with Gasteiger partial charge in [-0.25, -0.2) is 4.68 Å². The second-order valence-corrected chi connectivity index (χ2v) is 8.78. The standard InChI is InChI=1S/C28H22F3N3O2/c1-33(2)26(35)23-13-14-24(22-11-7-6-10-21(22)23)27(36,28(29,30)31)19-12-15-25-18(16-19)17-32-34(25)20-8-4-3-5-9-20/h3-17,36H,1-2H3. The molecule has 1 atom stereocenters. The summed E-state index contributed by atoms with van der Waals surface area (Å²) in [5, 5.41) is 16.7. The number of aromatic nitrogens is 2. The number of carbonyl (C=O) groups excluding carboxylic acids is 1. The van der Waals surface area contributed by atoms with E-state index in [-0.39, 0.29) is 28.0 Å². The number of para-hydroxylation sites is 1. The van der Waals surface area contributed by atoms with Crippen molar-refractivity contribution < 1.29 is 23.1 Å². The van der Waals surface area contributed by atoms with Crippen molar-refractivity contribution in [3.05, 3.63) is 108 Å². The van der Waals surface area contributed by atoms with E-state index in [1.165, 1.54) is 47.5 Å². The number of fused-ring (bicyclic) bond motifs is 2. The van der Waals surface area contributed by atoms with Gasteiger partial charge in [-0.3, -0.25) is 4.79 Å². The molecule has 1 amide bonds. The van der Waals surface area contributed by atoms with Crippen LogP contribution in [0.15, 0.2) is 91.1 Å². The molecule has 182 valence electrons. The Bertz CT molecular complexity index is 1590. The highest BCUT2D eigenvalue weighted by atomic mass is 19.4. The summed E-state index contributed by atoms with van der Waals surface area (Å²) in [6, 6.07) is 22.1. The summed E-state index contributed by atoms with van der Waals surface area (Å²) in [5.74, 6) is -0.344. The fourth-order valence-corrected chi connectivity index (χ4v) is 4.55. The number of amides is 1. The Morgan fingerprint density at radius 1 is 0.889 bits per heavy atom.